The van der Waals surface area contributed by atoms with Crippen molar-refractivity contribution in [3.05, 3.63) is 77.9 Å². The third-order valence-electron chi connectivity index (χ3n) is 2.93. The first kappa shape index (κ1) is 19.0. The molecule has 0 N–H and O–H groups in total. The minimum absolute atomic E-state index is 0. The summed E-state index contributed by atoms with van der Waals surface area (Å²) in [6, 6.07) is 15.7. The van der Waals surface area contributed by atoms with Crippen molar-refractivity contribution in [2.75, 3.05) is 7.11 Å². The molecule has 23 heavy (non-hydrogen) atoms. The van der Waals surface area contributed by atoms with Gasteiger partial charge in [-0.05, 0) is 5.56 Å². The van der Waals surface area contributed by atoms with Crippen LogP contribution in [0.1, 0.15) is 0 Å². The largest absolute Gasteiger partial charge is 0.492 e. The smallest absolute Gasteiger partial charge is 0.180 e. The van der Waals surface area contributed by atoms with Crippen LogP contribution in [0.5, 0.6) is 5.75 Å². The minimum Gasteiger partial charge on any atom is -0.492 e. The standard InChI is InChI=1S/C12H7F4O.C5H5.Fe/c1-17-12-10(15)8(13)7(9(14)11(12)16)6-4-2-3-5-6;1-2-4-5-3-1;/h2-5H,1H3;1-5H;/q2*-1;. The second-order valence-corrected chi connectivity index (χ2v) is 4.30. The third kappa shape index (κ3) is 4.03. The van der Waals surface area contributed by atoms with E-state index in [0.29, 0.717) is 0 Å². The average Bonchev–Trinajstić information content (AvgIpc) is 3.22. The number of ether oxygens (including phenoxy) is 1. The zero-order chi connectivity index (χ0) is 16.1. The van der Waals surface area contributed by atoms with Crippen molar-refractivity contribution in [1.82, 2.24) is 0 Å². The molecule has 0 bridgehead atoms. The second kappa shape index (κ2) is 8.56. The fraction of sp³-hybridized carbons (Fsp3) is 0.0588. The fourth-order valence-corrected chi connectivity index (χ4v) is 1.91. The van der Waals surface area contributed by atoms with Crippen molar-refractivity contribution in [3.63, 3.8) is 0 Å². The van der Waals surface area contributed by atoms with Crippen LogP contribution in [-0.4, -0.2) is 7.11 Å². The fourth-order valence-electron chi connectivity index (χ4n) is 1.91. The summed E-state index contributed by atoms with van der Waals surface area (Å²) in [7, 11) is 0.933. The van der Waals surface area contributed by atoms with Gasteiger partial charge in [-0.3, -0.25) is 0 Å². The molecule has 0 aromatic heterocycles. The third-order valence-corrected chi connectivity index (χ3v) is 2.93. The number of hydrogen-bond acceptors (Lipinski definition) is 1. The molecule has 3 aromatic carbocycles. The Kier molecular flexibility index (Phi) is 7.07. The molecule has 0 radical (unpaired) electrons. The predicted octanol–water partition coefficient (Wildman–Crippen LogP) is 5.04. The molecule has 6 heteroatoms. The first-order valence-corrected chi connectivity index (χ1v) is 6.36. The van der Waals surface area contributed by atoms with Crippen LogP contribution in [0.2, 0.25) is 0 Å². The van der Waals surface area contributed by atoms with E-state index in [4.69, 9.17) is 0 Å². The Morgan fingerprint density at radius 2 is 1.30 bits per heavy atom. The van der Waals surface area contributed by atoms with Crippen molar-refractivity contribution in [2.24, 2.45) is 0 Å². The Morgan fingerprint density at radius 1 is 0.826 bits per heavy atom. The summed E-state index contributed by atoms with van der Waals surface area (Å²) in [5.74, 6) is -7.07. The molecule has 0 atom stereocenters. The van der Waals surface area contributed by atoms with Crippen molar-refractivity contribution < 1.29 is 39.4 Å². The van der Waals surface area contributed by atoms with Crippen molar-refractivity contribution in [1.29, 1.82) is 0 Å². The summed E-state index contributed by atoms with van der Waals surface area (Å²) >= 11 is 0. The Hall–Kier alpha value is -2.04. The van der Waals surface area contributed by atoms with E-state index in [0.717, 1.165) is 7.11 Å². The molecule has 0 heterocycles. The molecule has 0 fully saturated rings. The number of halogens is 4. The van der Waals surface area contributed by atoms with E-state index in [1.807, 2.05) is 30.3 Å². The topological polar surface area (TPSA) is 9.23 Å². The van der Waals surface area contributed by atoms with E-state index in [1.165, 1.54) is 24.3 Å². The molecule has 0 spiro atoms. The van der Waals surface area contributed by atoms with Crippen LogP contribution in [0.3, 0.4) is 0 Å². The molecular formula is C17H12F4FeO-2. The van der Waals surface area contributed by atoms with Crippen molar-refractivity contribution >= 4 is 0 Å². The minimum atomic E-state index is -1.54. The van der Waals surface area contributed by atoms with E-state index >= 15 is 0 Å². The molecule has 0 amide bonds. The first-order valence-electron chi connectivity index (χ1n) is 6.36. The number of benzene rings is 1. The normalized spacial score (nSPS) is 9.61. The second-order valence-electron chi connectivity index (χ2n) is 4.30. The van der Waals surface area contributed by atoms with Crippen LogP contribution in [0, 0.1) is 23.3 Å². The Balaban J connectivity index is 0.000000377. The molecule has 3 rings (SSSR count). The van der Waals surface area contributed by atoms with E-state index in [-0.39, 0.29) is 22.6 Å². The molecular weight excluding hydrogens is 352 g/mol. The molecule has 0 aliphatic rings. The SMILES string of the molecule is COc1c(F)c(F)c(-[c-]2cccc2)c(F)c1F.[Fe].c1cc[cH-]c1. The van der Waals surface area contributed by atoms with Gasteiger partial charge in [-0.1, -0.05) is 5.56 Å². The molecule has 0 aliphatic carbocycles. The van der Waals surface area contributed by atoms with Crippen LogP contribution in [-0.2, 0) is 17.1 Å². The molecule has 0 aliphatic heterocycles. The Morgan fingerprint density at radius 3 is 1.65 bits per heavy atom. The van der Waals surface area contributed by atoms with Crippen LogP contribution in [0.4, 0.5) is 17.6 Å². The van der Waals surface area contributed by atoms with Gasteiger partial charge in [-0.25, -0.2) is 29.7 Å². The number of methoxy groups -OCH3 is 1. The quantitative estimate of drug-likeness (QED) is 0.268. The monoisotopic (exact) mass is 364 g/mol. The van der Waals surface area contributed by atoms with Gasteiger partial charge in [0.2, 0.25) is 0 Å². The van der Waals surface area contributed by atoms with Crippen LogP contribution >= 0.6 is 0 Å². The molecule has 0 saturated carbocycles. The Labute approximate surface area is 141 Å². The van der Waals surface area contributed by atoms with E-state index in [2.05, 4.69) is 4.74 Å². The Bertz CT molecular complexity index is 675. The van der Waals surface area contributed by atoms with Gasteiger partial charge < -0.3 is 4.74 Å². The molecule has 0 unspecified atom stereocenters. The van der Waals surface area contributed by atoms with Gasteiger partial charge >= 0.3 is 0 Å². The van der Waals surface area contributed by atoms with Gasteiger partial charge in [0.1, 0.15) is 11.6 Å². The van der Waals surface area contributed by atoms with Gasteiger partial charge in [0.25, 0.3) is 0 Å². The van der Waals surface area contributed by atoms with Gasteiger partial charge in [0.15, 0.2) is 17.4 Å². The van der Waals surface area contributed by atoms with Gasteiger partial charge in [0.05, 0.1) is 7.11 Å². The average molecular weight is 364 g/mol. The summed E-state index contributed by atoms with van der Waals surface area (Å²) in [4.78, 5) is 0. The summed E-state index contributed by atoms with van der Waals surface area (Å²) < 4.78 is 58.2. The van der Waals surface area contributed by atoms with Crippen LogP contribution in [0.25, 0.3) is 11.1 Å². The molecule has 3 aromatic rings. The molecule has 124 valence electrons. The maximum absolute atomic E-state index is 13.6. The van der Waals surface area contributed by atoms with Gasteiger partial charge in [-0.2, -0.15) is 30.3 Å². The molecule has 0 saturated heterocycles. The zero-order valence-corrected chi connectivity index (χ0v) is 13.1. The first-order chi connectivity index (χ1) is 10.6. The predicted molar refractivity (Wildman–Crippen MR) is 75.9 cm³/mol. The van der Waals surface area contributed by atoms with E-state index < -0.39 is 34.6 Å². The van der Waals surface area contributed by atoms with Crippen LogP contribution in [0.15, 0.2) is 54.6 Å². The van der Waals surface area contributed by atoms with Crippen molar-refractivity contribution in [3.8, 4) is 16.9 Å². The van der Waals surface area contributed by atoms with Crippen LogP contribution < -0.4 is 4.74 Å². The summed E-state index contributed by atoms with van der Waals surface area (Å²) in [6.45, 7) is 0. The van der Waals surface area contributed by atoms with E-state index in [1.54, 1.807) is 0 Å². The van der Waals surface area contributed by atoms with Gasteiger partial charge in [0, 0.05) is 17.1 Å². The summed E-state index contributed by atoms with van der Waals surface area (Å²) in [5.41, 5.74) is -0.661. The maximum Gasteiger partial charge on any atom is 0.180 e. The van der Waals surface area contributed by atoms with Crippen molar-refractivity contribution in [2.45, 2.75) is 0 Å². The number of hydrogen-bond donors (Lipinski definition) is 0. The number of rotatable bonds is 2. The van der Waals surface area contributed by atoms with E-state index in [9.17, 15) is 17.6 Å². The molecule has 1 nitrogen and oxygen atoms in total. The summed E-state index contributed by atoms with van der Waals surface area (Å²) in [5, 5.41) is 0. The zero-order valence-electron chi connectivity index (χ0n) is 12.0. The summed E-state index contributed by atoms with van der Waals surface area (Å²) in [6.07, 6.45) is 0. The van der Waals surface area contributed by atoms with Gasteiger partial charge in [-0.15, -0.1) is 12.1 Å². The maximum atomic E-state index is 13.6.